The highest BCUT2D eigenvalue weighted by Crippen LogP contribution is 2.65. The first-order chi connectivity index (χ1) is 7.61. The summed E-state index contributed by atoms with van der Waals surface area (Å²) in [6.45, 7) is 4.45. The van der Waals surface area contributed by atoms with Crippen LogP contribution in [0.2, 0.25) is 0 Å². The van der Waals surface area contributed by atoms with Crippen LogP contribution in [0.1, 0.15) is 31.7 Å². The highest BCUT2D eigenvalue weighted by atomic mass is 16.5. The molecule has 2 unspecified atom stereocenters. The van der Waals surface area contributed by atoms with Gasteiger partial charge in [-0.05, 0) is 34.9 Å². The molecule has 2 nitrogen and oxygen atoms in total. The van der Waals surface area contributed by atoms with E-state index < -0.39 is 0 Å². The Kier molecular flexibility index (Phi) is 2.75. The lowest BCUT2D eigenvalue weighted by Crippen LogP contribution is -1.91. The first kappa shape index (κ1) is 11.2. The smallest absolute Gasteiger partial charge is 0.120 e. The van der Waals surface area contributed by atoms with Crippen molar-refractivity contribution in [3.63, 3.8) is 0 Å². The van der Waals surface area contributed by atoms with Crippen LogP contribution >= 0.6 is 0 Å². The van der Waals surface area contributed by atoms with Gasteiger partial charge in [-0.15, -0.1) is 0 Å². The molecule has 1 aromatic rings. The van der Waals surface area contributed by atoms with Crippen LogP contribution in [-0.4, -0.2) is 13.4 Å². The number of benzene rings is 1. The summed E-state index contributed by atoms with van der Waals surface area (Å²) in [5.74, 6) is 1.87. The SMILES string of the molecule is COc1cccc(C2C(CC=O)C2(C)C)c1. The maximum absolute atomic E-state index is 10.6. The maximum Gasteiger partial charge on any atom is 0.120 e. The van der Waals surface area contributed by atoms with Gasteiger partial charge in [0.15, 0.2) is 0 Å². The number of carbonyl (C=O) groups is 1. The van der Waals surface area contributed by atoms with E-state index in [2.05, 4.69) is 26.0 Å². The summed E-state index contributed by atoms with van der Waals surface area (Å²) >= 11 is 0. The molecular weight excluding hydrogens is 200 g/mol. The Hall–Kier alpha value is -1.31. The van der Waals surface area contributed by atoms with E-state index >= 15 is 0 Å². The molecule has 1 fully saturated rings. The lowest BCUT2D eigenvalue weighted by Gasteiger charge is -2.05. The predicted octanol–water partition coefficient (Wildman–Crippen LogP) is 3.02. The summed E-state index contributed by atoms with van der Waals surface area (Å²) in [6.07, 6.45) is 1.70. The van der Waals surface area contributed by atoms with Crippen LogP contribution in [0.5, 0.6) is 5.75 Å². The first-order valence-electron chi connectivity index (χ1n) is 5.69. The molecule has 1 aliphatic rings. The molecule has 0 saturated heterocycles. The summed E-state index contributed by atoms with van der Waals surface area (Å²) in [6, 6.07) is 8.17. The third kappa shape index (κ3) is 1.73. The fourth-order valence-electron chi connectivity index (χ4n) is 2.78. The third-order valence-corrected chi connectivity index (χ3v) is 3.85. The molecule has 0 heterocycles. The lowest BCUT2D eigenvalue weighted by molar-refractivity contribution is -0.108. The van der Waals surface area contributed by atoms with Gasteiger partial charge in [0.2, 0.25) is 0 Å². The molecule has 1 aromatic carbocycles. The zero-order valence-electron chi connectivity index (χ0n) is 10.1. The van der Waals surface area contributed by atoms with Crippen molar-refractivity contribution in [2.45, 2.75) is 26.2 Å². The van der Waals surface area contributed by atoms with E-state index in [0.29, 0.717) is 18.3 Å². The summed E-state index contributed by atoms with van der Waals surface area (Å²) in [4.78, 5) is 10.6. The van der Waals surface area contributed by atoms with Crippen molar-refractivity contribution in [3.05, 3.63) is 29.8 Å². The topological polar surface area (TPSA) is 26.3 Å². The molecule has 0 bridgehead atoms. The predicted molar refractivity (Wildman–Crippen MR) is 63.7 cm³/mol. The Morgan fingerprint density at radius 3 is 2.81 bits per heavy atom. The van der Waals surface area contributed by atoms with E-state index in [9.17, 15) is 4.79 Å². The largest absolute Gasteiger partial charge is 0.497 e. The van der Waals surface area contributed by atoms with Crippen LogP contribution in [0.15, 0.2) is 24.3 Å². The van der Waals surface area contributed by atoms with Gasteiger partial charge in [0.1, 0.15) is 12.0 Å². The molecule has 16 heavy (non-hydrogen) atoms. The van der Waals surface area contributed by atoms with Gasteiger partial charge in [0, 0.05) is 6.42 Å². The minimum Gasteiger partial charge on any atom is -0.497 e. The number of methoxy groups -OCH3 is 1. The number of ether oxygens (including phenoxy) is 1. The molecule has 0 radical (unpaired) electrons. The second kappa shape index (κ2) is 3.93. The first-order valence-corrected chi connectivity index (χ1v) is 5.69. The van der Waals surface area contributed by atoms with Gasteiger partial charge in [0.25, 0.3) is 0 Å². The molecule has 1 saturated carbocycles. The number of carbonyl (C=O) groups excluding carboxylic acids is 1. The summed E-state index contributed by atoms with van der Waals surface area (Å²) in [5.41, 5.74) is 1.53. The quantitative estimate of drug-likeness (QED) is 0.726. The van der Waals surface area contributed by atoms with Crippen molar-refractivity contribution < 1.29 is 9.53 Å². The monoisotopic (exact) mass is 218 g/mol. The molecule has 2 heteroatoms. The average molecular weight is 218 g/mol. The molecule has 2 atom stereocenters. The fraction of sp³-hybridized carbons (Fsp3) is 0.500. The van der Waals surface area contributed by atoms with Gasteiger partial charge in [0.05, 0.1) is 7.11 Å². The van der Waals surface area contributed by atoms with Gasteiger partial charge in [-0.1, -0.05) is 26.0 Å². The molecule has 86 valence electrons. The summed E-state index contributed by atoms with van der Waals surface area (Å²) in [5, 5.41) is 0. The third-order valence-electron chi connectivity index (χ3n) is 3.85. The molecule has 0 spiro atoms. The van der Waals surface area contributed by atoms with E-state index in [4.69, 9.17) is 4.74 Å². The minimum atomic E-state index is 0.243. The van der Waals surface area contributed by atoms with Gasteiger partial charge in [-0.2, -0.15) is 0 Å². The lowest BCUT2D eigenvalue weighted by atomic mass is 10.0. The Morgan fingerprint density at radius 1 is 1.44 bits per heavy atom. The Labute approximate surface area is 96.6 Å². The average Bonchev–Trinajstić information content (AvgIpc) is 2.81. The van der Waals surface area contributed by atoms with Crippen LogP contribution < -0.4 is 4.74 Å². The Balaban J connectivity index is 2.22. The van der Waals surface area contributed by atoms with Crippen LogP contribution in [0.25, 0.3) is 0 Å². The number of hydrogen-bond donors (Lipinski definition) is 0. The molecule has 0 aromatic heterocycles. The van der Waals surface area contributed by atoms with E-state index in [-0.39, 0.29) is 5.41 Å². The van der Waals surface area contributed by atoms with Gasteiger partial charge in [-0.25, -0.2) is 0 Å². The van der Waals surface area contributed by atoms with Crippen molar-refractivity contribution >= 4 is 6.29 Å². The zero-order chi connectivity index (χ0) is 11.8. The van der Waals surface area contributed by atoms with Gasteiger partial charge >= 0.3 is 0 Å². The van der Waals surface area contributed by atoms with Crippen LogP contribution in [0.4, 0.5) is 0 Å². The van der Waals surface area contributed by atoms with Crippen LogP contribution in [0.3, 0.4) is 0 Å². The highest BCUT2D eigenvalue weighted by Gasteiger charge is 2.57. The zero-order valence-corrected chi connectivity index (χ0v) is 10.1. The summed E-state index contributed by atoms with van der Waals surface area (Å²) < 4.78 is 5.23. The number of aldehydes is 1. The second-order valence-electron chi connectivity index (χ2n) is 5.08. The summed E-state index contributed by atoms with van der Waals surface area (Å²) in [7, 11) is 1.68. The highest BCUT2D eigenvalue weighted by molar-refractivity contribution is 5.53. The molecule has 0 aliphatic heterocycles. The van der Waals surface area contributed by atoms with Crippen molar-refractivity contribution in [2.75, 3.05) is 7.11 Å². The molecule has 0 N–H and O–H groups in total. The number of hydrogen-bond acceptors (Lipinski definition) is 2. The van der Waals surface area contributed by atoms with E-state index in [1.54, 1.807) is 7.11 Å². The number of rotatable bonds is 4. The van der Waals surface area contributed by atoms with E-state index in [1.165, 1.54) is 5.56 Å². The molecule has 0 amide bonds. The van der Waals surface area contributed by atoms with Crippen LogP contribution in [-0.2, 0) is 4.79 Å². The minimum absolute atomic E-state index is 0.243. The van der Waals surface area contributed by atoms with Crippen molar-refractivity contribution in [3.8, 4) is 5.75 Å². The van der Waals surface area contributed by atoms with E-state index in [0.717, 1.165) is 12.0 Å². The fourth-order valence-corrected chi connectivity index (χ4v) is 2.78. The standard InChI is InChI=1S/C14H18O2/c1-14(2)12(7-8-15)13(14)10-5-4-6-11(9-10)16-3/h4-6,8-9,12-13H,7H2,1-3H3. The Bertz CT molecular complexity index is 395. The maximum atomic E-state index is 10.6. The van der Waals surface area contributed by atoms with Crippen molar-refractivity contribution in [2.24, 2.45) is 11.3 Å². The molecular formula is C14H18O2. The molecule has 1 aliphatic carbocycles. The van der Waals surface area contributed by atoms with Crippen molar-refractivity contribution in [1.29, 1.82) is 0 Å². The Morgan fingerprint density at radius 2 is 2.19 bits per heavy atom. The van der Waals surface area contributed by atoms with Crippen molar-refractivity contribution in [1.82, 2.24) is 0 Å². The van der Waals surface area contributed by atoms with Gasteiger partial charge in [-0.3, -0.25) is 0 Å². The molecule has 2 rings (SSSR count). The van der Waals surface area contributed by atoms with Crippen LogP contribution in [0, 0.1) is 11.3 Å². The van der Waals surface area contributed by atoms with E-state index in [1.807, 2.05) is 12.1 Å². The normalized spacial score (nSPS) is 26.2. The van der Waals surface area contributed by atoms with Gasteiger partial charge < -0.3 is 9.53 Å². The second-order valence-corrected chi connectivity index (χ2v) is 5.08.